The number of phenols is 1. The summed E-state index contributed by atoms with van der Waals surface area (Å²) in [5.41, 5.74) is -2.66. The summed E-state index contributed by atoms with van der Waals surface area (Å²) in [6.07, 6.45) is 0. The third-order valence-corrected chi connectivity index (χ3v) is 6.75. The van der Waals surface area contributed by atoms with Crippen molar-refractivity contribution in [3.8, 4) is 5.75 Å². The first-order chi connectivity index (χ1) is 15.8. The Kier molecular flexibility index (Phi) is 4.93. The Morgan fingerprint density at radius 2 is 1.76 bits per heavy atom. The van der Waals surface area contributed by atoms with Crippen LogP contribution in [0.1, 0.15) is 18.1 Å². The summed E-state index contributed by atoms with van der Waals surface area (Å²) in [6, 6.07) is 2.32. The molecular formula is C22H22N2O10. The Bertz CT molecular complexity index is 1280. The number of phenolic OH excluding ortho intramolecular Hbond substituents is 1. The first-order valence-corrected chi connectivity index (χ1v) is 10.0. The molecule has 12 nitrogen and oxygen atoms in total. The van der Waals surface area contributed by atoms with Gasteiger partial charge < -0.3 is 31.3 Å². The topological polar surface area (TPSA) is 211 Å². The van der Waals surface area contributed by atoms with Crippen LogP contribution in [0.5, 0.6) is 5.75 Å². The highest BCUT2D eigenvalue weighted by Crippen LogP contribution is 2.57. The van der Waals surface area contributed by atoms with E-state index in [4.69, 9.17) is 5.73 Å². The fourth-order valence-corrected chi connectivity index (χ4v) is 5.19. The first kappa shape index (κ1) is 23.4. The van der Waals surface area contributed by atoms with Crippen LogP contribution in [0, 0.1) is 5.92 Å². The molecule has 1 aromatic rings. The number of carbonyl (C=O) groups is 3. The molecule has 8 N–H and O–H groups in total. The number of hydrogen-bond acceptors (Lipinski definition) is 11. The highest BCUT2D eigenvalue weighted by molar-refractivity contribution is 6.25. The quantitative estimate of drug-likeness (QED) is 0.175. The Hall–Kier alpha value is -3.71. The van der Waals surface area contributed by atoms with Crippen LogP contribution in [-0.4, -0.2) is 78.9 Å². The van der Waals surface area contributed by atoms with Crippen molar-refractivity contribution >= 4 is 23.2 Å². The maximum absolute atomic E-state index is 13.7. The molecule has 4 atom stereocenters. The van der Waals surface area contributed by atoms with Crippen LogP contribution < -0.4 is 5.73 Å². The molecule has 0 bridgehead atoms. The molecule has 1 amide bonds. The van der Waals surface area contributed by atoms with Gasteiger partial charge in [0.25, 0.3) is 5.91 Å². The zero-order chi connectivity index (χ0) is 25.5. The van der Waals surface area contributed by atoms with Gasteiger partial charge in [-0.2, -0.15) is 0 Å². The molecule has 12 heteroatoms. The van der Waals surface area contributed by atoms with E-state index >= 15 is 0 Å². The largest absolute Gasteiger partial charge is 0.511 e. The summed E-state index contributed by atoms with van der Waals surface area (Å²) >= 11 is 0. The lowest BCUT2D eigenvalue weighted by Gasteiger charge is -2.49. The van der Waals surface area contributed by atoms with E-state index in [0.29, 0.717) is 0 Å². The van der Waals surface area contributed by atoms with Gasteiger partial charge in [0.1, 0.15) is 28.6 Å². The number of nitrogens with zero attached hydrogens (tertiary/aromatic N) is 1. The third-order valence-electron chi connectivity index (χ3n) is 6.75. The standard InChI is InChI=1S/C22H22N2O10/c1-21(34-33)7-5-4-6-8(25)9(7)15(26)10-12(21)17(28)13-14(24(2)3)16(27)11(20(23)31)19(30)22(13,32)18(10)29/h4-6,13-14,25-26,28,30,32-33H,1-3H3,(H2,23,31)/t13-,14+,21-,22+/m1/s1. The van der Waals surface area contributed by atoms with Crippen molar-refractivity contribution in [1.82, 2.24) is 4.90 Å². The summed E-state index contributed by atoms with van der Waals surface area (Å²) in [7, 11) is 2.73. The van der Waals surface area contributed by atoms with Gasteiger partial charge in [-0.1, -0.05) is 12.1 Å². The lowest BCUT2D eigenvalue weighted by atomic mass is 9.58. The molecule has 0 spiro atoms. The number of aromatic hydroxyl groups is 1. The number of nitrogens with two attached hydrogens (primary N) is 1. The van der Waals surface area contributed by atoms with Crippen molar-refractivity contribution < 1.29 is 50.1 Å². The van der Waals surface area contributed by atoms with Crippen LogP contribution in [0.3, 0.4) is 0 Å². The maximum Gasteiger partial charge on any atom is 0.255 e. The van der Waals surface area contributed by atoms with E-state index in [1.54, 1.807) is 0 Å². The van der Waals surface area contributed by atoms with Gasteiger partial charge >= 0.3 is 0 Å². The van der Waals surface area contributed by atoms with Crippen molar-refractivity contribution in [2.75, 3.05) is 14.1 Å². The van der Waals surface area contributed by atoms with E-state index in [1.165, 1.54) is 44.1 Å². The molecule has 3 aliphatic rings. The van der Waals surface area contributed by atoms with Crippen LogP contribution in [-0.2, 0) is 24.9 Å². The second kappa shape index (κ2) is 7.14. The van der Waals surface area contributed by atoms with Gasteiger partial charge in [0.05, 0.1) is 23.1 Å². The first-order valence-electron chi connectivity index (χ1n) is 10.0. The predicted molar refractivity (Wildman–Crippen MR) is 113 cm³/mol. The predicted octanol–water partition coefficient (Wildman–Crippen LogP) is -0.0679. The third kappa shape index (κ3) is 2.53. The van der Waals surface area contributed by atoms with E-state index in [2.05, 4.69) is 4.89 Å². The molecule has 3 aliphatic carbocycles. The number of aliphatic hydroxyl groups excluding tert-OH is 3. The van der Waals surface area contributed by atoms with Gasteiger partial charge in [-0.3, -0.25) is 24.5 Å². The molecule has 180 valence electrons. The Labute approximate surface area is 192 Å². The van der Waals surface area contributed by atoms with Crippen molar-refractivity contribution in [3.63, 3.8) is 0 Å². The average Bonchev–Trinajstić information content (AvgIpc) is 2.76. The number of Topliss-reactive ketones (excluding diaryl/α,β-unsaturated/α-hetero) is 2. The number of fused-ring (bicyclic) bond motifs is 3. The van der Waals surface area contributed by atoms with Crippen LogP contribution in [0.15, 0.2) is 46.4 Å². The summed E-state index contributed by atoms with van der Waals surface area (Å²) in [4.78, 5) is 44.7. The Balaban J connectivity index is 2.21. The fourth-order valence-electron chi connectivity index (χ4n) is 5.19. The van der Waals surface area contributed by atoms with Gasteiger partial charge in [0.15, 0.2) is 17.0 Å². The molecule has 0 fully saturated rings. The van der Waals surface area contributed by atoms with Crippen molar-refractivity contribution in [2.45, 2.75) is 24.2 Å². The van der Waals surface area contributed by atoms with E-state index in [1.807, 2.05) is 0 Å². The van der Waals surface area contributed by atoms with Crippen LogP contribution in [0.4, 0.5) is 0 Å². The van der Waals surface area contributed by atoms with Gasteiger partial charge in [-0.15, -0.1) is 0 Å². The SMILES string of the molecule is CN(C)[C@@H]1C(=O)C(C(N)=O)=C(O)[C@@]2(O)C(=O)C3=C(O)c4c(O)cccc4[C@@](C)(OO)C3=C(O)[C@@H]12. The summed E-state index contributed by atoms with van der Waals surface area (Å²) in [5, 5.41) is 64.9. The lowest BCUT2D eigenvalue weighted by Crippen LogP contribution is -2.66. The highest BCUT2D eigenvalue weighted by atomic mass is 17.1. The van der Waals surface area contributed by atoms with E-state index < -0.39 is 80.4 Å². The zero-order valence-corrected chi connectivity index (χ0v) is 18.2. The molecule has 0 aliphatic heterocycles. The summed E-state index contributed by atoms with van der Waals surface area (Å²) in [5.74, 6) is -9.48. The number of amides is 1. The summed E-state index contributed by atoms with van der Waals surface area (Å²) < 4.78 is 0. The number of benzene rings is 1. The highest BCUT2D eigenvalue weighted by Gasteiger charge is 2.67. The molecule has 4 rings (SSSR count). The minimum absolute atomic E-state index is 0.0443. The fraction of sp³-hybridized carbons (Fsp3) is 0.318. The smallest absolute Gasteiger partial charge is 0.255 e. The van der Waals surface area contributed by atoms with Crippen molar-refractivity contribution in [1.29, 1.82) is 0 Å². The molecule has 0 radical (unpaired) electrons. The molecule has 0 saturated heterocycles. The normalized spacial score (nSPS) is 31.0. The van der Waals surface area contributed by atoms with Crippen molar-refractivity contribution in [2.24, 2.45) is 11.7 Å². The Morgan fingerprint density at radius 3 is 2.29 bits per heavy atom. The Morgan fingerprint density at radius 1 is 1.15 bits per heavy atom. The molecule has 0 unspecified atom stereocenters. The lowest BCUT2D eigenvalue weighted by molar-refractivity contribution is -0.312. The van der Waals surface area contributed by atoms with E-state index in [9.17, 15) is 45.2 Å². The molecule has 0 saturated carbocycles. The molecule has 0 heterocycles. The van der Waals surface area contributed by atoms with Gasteiger partial charge in [0, 0.05) is 11.1 Å². The summed E-state index contributed by atoms with van der Waals surface area (Å²) in [6.45, 7) is 1.22. The van der Waals surface area contributed by atoms with Gasteiger partial charge in [0.2, 0.25) is 5.78 Å². The second-order valence-corrected chi connectivity index (χ2v) is 8.74. The van der Waals surface area contributed by atoms with Gasteiger partial charge in [-0.05, 0) is 27.1 Å². The minimum Gasteiger partial charge on any atom is -0.511 e. The number of aliphatic hydroxyl groups is 4. The monoisotopic (exact) mass is 474 g/mol. The van der Waals surface area contributed by atoms with E-state index in [0.717, 1.165) is 0 Å². The number of carbonyl (C=O) groups excluding carboxylic acids is 3. The average molecular weight is 474 g/mol. The molecule has 34 heavy (non-hydrogen) atoms. The molecular weight excluding hydrogens is 452 g/mol. The van der Waals surface area contributed by atoms with Crippen LogP contribution >= 0.6 is 0 Å². The number of hydrogen-bond donors (Lipinski definition) is 7. The zero-order valence-electron chi connectivity index (χ0n) is 18.2. The van der Waals surface area contributed by atoms with E-state index in [-0.39, 0.29) is 11.1 Å². The van der Waals surface area contributed by atoms with Crippen molar-refractivity contribution in [3.05, 3.63) is 57.6 Å². The number of likely N-dealkylation sites (N-methyl/N-ethyl adjacent to an activating group) is 1. The maximum atomic E-state index is 13.7. The van der Waals surface area contributed by atoms with Crippen LogP contribution in [0.25, 0.3) is 5.76 Å². The van der Waals surface area contributed by atoms with Crippen LogP contribution in [0.2, 0.25) is 0 Å². The number of rotatable bonds is 3. The number of primary amides is 1. The second-order valence-electron chi connectivity index (χ2n) is 8.74. The van der Waals surface area contributed by atoms with Gasteiger partial charge in [-0.25, -0.2) is 4.89 Å². The number of ketones is 2. The minimum atomic E-state index is -3.11. The molecule has 1 aromatic carbocycles. The molecule has 0 aromatic heterocycles.